The van der Waals surface area contributed by atoms with Gasteiger partial charge in [-0.2, -0.15) is 0 Å². The van der Waals surface area contributed by atoms with Crippen molar-refractivity contribution in [2.24, 2.45) is 0 Å². The largest absolute Gasteiger partial charge is 0.298 e. The SMILES string of the molecule is O=S(=O)(CCN1CCc2ccccc2C1)Cc1ccccc1. The zero-order chi connectivity index (χ0) is 15.4. The summed E-state index contributed by atoms with van der Waals surface area (Å²) in [7, 11) is -3.05. The fraction of sp³-hybridized carbons (Fsp3) is 0.333. The Morgan fingerprint density at radius 3 is 2.36 bits per heavy atom. The highest BCUT2D eigenvalue weighted by Crippen LogP contribution is 2.18. The van der Waals surface area contributed by atoms with Crippen molar-refractivity contribution in [3.63, 3.8) is 0 Å². The second-order valence-electron chi connectivity index (χ2n) is 5.87. The van der Waals surface area contributed by atoms with Gasteiger partial charge in [0.25, 0.3) is 0 Å². The van der Waals surface area contributed by atoms with Crippen molar-refractivity contribution in [2.45, 2.75) is 18.7 Å². The molecule has 0 unspecified atom stereocenters. The van der Waals surface area contributed by atoms with Gasteiger partial charge in [0.05, 0.1) is 11.5 Å². The molecule has 1 aliphatic heterocycles. The summed E-state index contributed by atoms with van der Waals surface area (Å²) in [5.41, 5.74) is 3.59. The van der Waals surface area contributed by atoms with Crippen LogP contribution in [0.2, 0.25) is 0 Å². The lowest BCUT2D eigenvalue weighted by molar-refractivity contribution is 0.269. The van der Waals surface area contributed by atoms with Crippen LogP contribution < -0.4 is 0 Å². The second kappa shape index (κ2) is 6.63. The molecule has 22 heavy (non-hydrogen) atoms. The summed E-state index contributed by atoms with van der Waals surface area (Å²) in [6.07, 6.45) is 1.01. The highest BCUT2D eigenvalue weighted by molar-refractivity contribution is 7.90. The molecule has 0 N–H and O–H groups in total. The Labute approximate surface area is 132 Å². The molecule has 3 nitrogen and oxygen atoms in total. The van der Waals surface area contributed by atoms with Crippen molar-refractivity contribution in [1.82, 2.24) is 4.90 Å². The van der Waals surface area contributed by atoms with Gasteiger partial charge in [-0.3, -0.25) is 4.90 Å². The molecule has 0 radical (unpaired) electrons. The lowest BCUT2D eigenvalue weighted by Crippen LogP contribution is -2.34. The molecule has 3 rings (SSSR count). The molecule has 0 spiro atoms. The number of fused-ring (bicyclic) bond motifs is 1. The van der Waals surface area contributed by atoms with Gasteiger partial charge in [0.15, 0.2) is 9.84 Å². The topological polar surface area (TPSA) is 37.4 Å². The fourth-order valence-corrected chi connectivity index (χ4v) is 4.29. The summed E-state index contributed by atoms with van der Waals surface area (Å²) in [4.78, 5) is 2.24. The Hall–Kier alpha value is -1.65. The smallest absolute Gasteiger partial charge is 0.155 e. The molecule has 0 fully saturated rings. The minimum atomic E-state index is -3.05. The Bertz CT molecular complexity index is 726. The molecular formula is C18H21NO2S. The summed E-state index contributed by atoms with van der Waals surface area (Å²) < 4.78 is 24.5. The Morgan fingerprint density at radius 2 is 1.59 bits per heavy atom. The monoisotopic (exact) mass is 315 g/mol. The molecule has 0 aromatic heterocycles. The van der Waals surface area contributed by atoms with E-state index in [2.05, 4.69) is 29.2 Å². The van der Waals surface area contributed by atoms with Crippen LogP contribution in [0.25, 0.3) is 0 Å². The maximum atomic E-state index is 12.3. The predicted molar refractivity (Wildman–Crippen MR) is 89.4 cm³/mol. The van der Waals surface area contributed by atoms with E-state index in [0.717, 1.165) is 25.1 Å². The third-order valence-corrected chi connectivity index (χ3v) is 5.74. The van der Waals surface area contributed by atoms with Gasteiger partial charge in [-0.25, -0.2) is 8.42 Å². The zero-order valence-corrected chi connectivity index (χ0v) is 13.4. The number of hydrogen-bond acceptors (Lipinski definition) is 3. The van der Waals surface area contributed by atoms with E-state index in [1.54, 1.807) is 0 Å². The number of sulfone groups is 1. The number of nitrogens with zero attached hydrogens (tertiary/aromatic N) is 1. The van der Waals surface area contributed by atoms with Crippen molar-refractivity contribution < 1.29 is 8.42 Å². The van der Waals surface area contributed by atoms with Crippen LogP contribution in [0, 0.1) is 0 Å². The van der Waals surface area contributed by atoms with Crippen LogP contribution in [0.1, 0.15) is 16.7 Å². The third kappa shape index (κ3) is 3.96. The first-order valence-corrected chi connectivity index (χ1v) is 9.48. The van der Waals surface area contributed by atoms with E-state index >= 15 is 0 Å². The van der Waals surface area contributed by atoms with E-state index in [4.69, 9.17) is 0 Å². The van der Waals surface area contributed by atoms with Gasteiger partial charge in [0, 0.05) is 19.6 Å². The van der Waals surface area contributed by atoms with Gasteiger partial charge in [-0.15, -0.1) is 0 Å². The number of hydrogen-bond donors (Lipinski definition) is 0. The summed E-state index contributed by atoms with van der Waals surface area (Å²) in [5.74, 6) is 0.363. The van der Waals surface area contributed by atoms with E-state index in [1.165, 1.54) is 11.1 Å². The van der Waals surface area contributed by atoms with Gasteiger partial charge in [0.2, 0.25) is 0 Å². The van der Waals surface area contributed by atoms with Crippen LogP contribution in [0.3, 0.4) is 0 Å². The minimum Gasteiger partial charge on any atom is -0.298 e. The second-order valence-corrected chi connectivity index (χ2v) is 8.06. The molecule has 1 heterocycles. The first-order chi connectivity index (χ1) is 10.6. The van der Waals surface area contributed by atoms with E-state index < -0.39 is 9.84 Å². The molecule has 0 amide bonds. The average Bonchev–Trinajstić information content (AvgIpc) is 2.53. The van der Waals surface area contributed by atoms with Gasteiger partial charge >= 0.3 is 0 Å². The van der Waals surface area contributed by atoms with Crippen molar-refractivity contribution in [3.05, 3.63) is 71.3 Å². The molecule has 0 aliphatic carbocycles. The molecule has 116 valence electrons. The van der Waals surface area contributed by atoms with Gasteiger partial charge in [0.1, 0.15) is 0 Å². The van der Waals surface area contributed by atoms with Crippen LogP contribution in [-0.4, -0.2) is 32.2 Å². The van der Waals surface area contributed by atoms with E-state index in [9.17, 15) is 8.42 Å². The first-order valence-electron chi connectivity index (χ1n) is 7.66. The third-order valence-electron chi connectivity index (χ3n) is 4.16. The molecular weight excluding hydrogens is 294 g/mol. The fourth-order valence-electron chi connectivity index (χ4n) is 2.91. The maximum absolute atomic E-state index is 12.3. The standard InChI is InChI=1S/C18H21NO2S/c20-22(21,15-16-6-2-1-3-7-16)13-12-19-11-10-17-8-4-5-9-18(17)14-19/h1-9H,10-15H2. The lowest BCUT2D eigenvalue weighted by Gasteiger charge is -2.28. The maximum Gasteiger partial charge on any atom is 0.155 e. The quantitative estimate of drug-likeness (QED) is 0.851. The highest BCUT2D eigenvalue weighted by atomic mass is 32.2. The van der Waals surface area contributed by atoms with E-state index in [1.807, 2.05) is 30.3 Å². The van der Waals surface area contributed by atoms with Gasteiger partial charge < -0.3 is 0 Å². The molecule has 2 aromatic carbocycles. The van der Waals surface area contributed by atoms with Crippen molar-refractivity contribution in [1.29, 1.82) is 0 Å². The molecule has 1 aliphatic rings. The normalized spacial score (nSPS) is 15.5. The average molecular weight is 315 g/mol. The zero-order valence-electron chi connectivity index (χ0n) is 12.6. The Balaban J connectivity index is 1.57. The van der Waals surface area contributed by atoms with Crippen LogP contribution in [-0.2, 0) is 28.6 Å². The number of benzene rings is 2. The van der Waals surface area contributed by atoms with Gasteiger partial charge in [-0.1, -0.05) is 54.6 Å². The highest BCUT2D eigenvalue weighted by Gasteiger charge is 2.18. The lowest BCUT2D eigenvalue weighted by atomic mass is 10.0. The van der Waals surface area contributed by atoms with Crippen molar-refractivity contribution in [3.8, 4) is 0 Å². The van der Waals surface area contributed by atoms with Crippen LogP contribution in [0.4, 0.5) is 0 Å². The summed E-state index contributed by atoms with van der Waals surface area (Å²) >= 11 is 0. The molecule has 4 heteroatoms. The molecule has 0 saturated heterocycles. The predicted octanol–water partition coefficient (Wildman–Crippen LogP) is 2.66. The van der Waals surface area contributed by atoms with Crippen LogP contribution in [0.15, 0.2) is 54.6 Å². The number of rotatable bonds is 5. The van der Waals surface area contributed by atoms with Crippen LogP contribution >= 0.6 is 0 Å². The Kier molecular flexibility index (Phi) is 4.60. The molecule has 2 aromatic rings. The van der Waals surface area contributed by atoms with Crippen molar-refractivity contribution >= 4 is 9.84 Å². The summed E-state index contributed by atoms with van der Waals surface area (Å²) in [5, 5.41) is 0. The molecule has 0 saturated carbocycles. The Morgan fingerprint density at radius 1 is 0.909 bits per heavy atom. The first kappa shape index (κ1) is 15.3. The van der Waals surface area contributed by atoms with Crippen molar-refractivity contribution in [2.75, 3.05) is 18.8 Å². The molecule has 0 bridgehead atoms. The summed E-state index contributed by atoms with van der Waals surface area (Å²) in [6, 6.07) is 17.8. The summed E-state index contributed by atoms with van der Waals surface area (Å²) in [6.45, 7) is 2.42. The van der Waals surface area contributed by atoms with E-state index in [0.29, 0.717) is 6.54 Å². The van der Waals surface area contributed by atoms with Gasteiger partial charge in [-0.05, 0) is 23.1 Å². The minimum absolute atomic E-state index is 0.137. The van der Waals surface area contributed by atoms with E-state index in [-0.39, 0.29) is 11.5 Å². The molecule has 0 atom stereocenters. The van der Waals surface area contributed by atoms with Crippen LogP contribution in [0.5, 0.6) is 0 Å².